The van der Waals surface area contributed by atoms with Gasteiger partial charge in [0.2, 0.25) is 0 Å². The summed E-state index contributed by atoms with van der Waals surface area (Å²) in [7, 11) is 0. The highest BCUT2D eigenvalue weighted by atomic mass is 16.5. The molecule has 108 valence electrons. The first-order valence-electron chi connectivity index (χ1n) is 7.21. The second kappa shape index (κ2) is 5.05. The van der Waals surface area contributed by atoms with E-state index in [1.807, 2.05) is 9.47 Å². The Bertz CT molecular complexity index is 562. The number of aromatic nitrogens is 1. The van der Waals surface area contributed by atoms with Crippen molar-refractivity contribution in [2.75, 3.05) is 13.2 Å². The van der Waals surface area contributed by atoms with Crippen molar-refractivity contribution >= 4 is 11.7 Å². The van der Waals surface area contributed by atoms with E-state index >= 15 is 0 Å². The topological polar surface area (TPSA) is 51.5 Å². The van der Waals surface area contributed by atoms with Gasteiger partial charge in [-0.2, -0.15) is 0 Å². The maximum atomic E-state index is 12.7. The number of amides is 1. The van der Waals surface area contributed by atoms with Gasteiger partial charge in [-0.25, -0.2) is 0 Å². The van der Waals surface area contributed by atoms with Crippen molar-refractivity contribution in [3.05, 3.63) is 23.0 Å². The van der Waals surface area contributed by atoms with Crippen LogP contribution >= 0.6 is 0 Å². The smallest absolute Gasteiger partial charge is 0.270 e. The van der Waals surface area contributed by atoms with Crippen LogP contribution in [0.2, 0.25) is 0 Å². The van der Waals surface area contributed by atoms with Crippen molar-refractivity contribution in [1.82, 2.24) is 9.47 Å². The molecule has 0 radical (unpaired) electrons. The monoisotopic (exact) mass is 276 g/mol. The average molecular weight is 276 g/mol. The molecule has 0 spiro atoms. The summed E-state index contributed by atoms with van der Waals surface area (Å²) in [4.78, 5) is 26.4. The van der Waals surface area contributed by atoms with Gasteiger partial charge in [-0.15, -0.1) is 0 Å². The van der Waals surface area contributed by atoms with Gasteiger partial charge in [-0.3, -0.25) is 9.59 Å². The number of hydrogen-bond donors (Lipinski definition) is 0. The third-order valence-electron chi connectivity index (χ3n) is 4.32. The van der Waals surface area contributed by atoms with Crippen LogP contribution in [0.25, 0.3) is 0 Å². The van der Waals surface area contributed by atoms with Gasteiger partial charge in [0.1, 0.15) is 5.69 Å². The Hall–Kier alpha value is -1.62. The van der Waals surface area contributed by atoms with Crippen molar-refractivity contribution in [3.8, 4) is 0 Å². The van der Waals surface area contributed by atoms with Crippen LogP contribution in [0.5, 0.6) is 0 Å². The fourth-order valence-electron chi connectivity index (χ4n) is 3.19. The second-order valence-corrected chi connectivity index (χ2v) is 5.64. The number of hydrogen-bond acceptors (Lipinski definition) is 3. The zero-order chi connectivity index (χ0) is 14.3. The molecular weight excluding hydrogens is 256 g/mol. The van der Waals surface area contributed by atoms with Crippen LogP contribution < -0.4 is 0 Å². The molecule has 2 aliphatic rings. The van der Waals surface area contributed by atoms with E-state index in [0.29, 0.717) is 31.0 Å². The third kappa shape index (κ3) is 2.06. The van der Waals surface area contributed by atoms with Crippen LogP contribution in [0.3, 0.4) is 0 Å². The molecule has 0 bridgehead atoms. The van der Waals surface area contributed by atoms with Gasteiger partial charge in [-0.1, -0.05) is 0 Å². The van der Waals surface area contributed by atoms with Gasteiger partial charge in [0.15, 0.2) is 5.78 Å². The van der Waals surface area contributed by atoms with Gasteiger partial charge < -0.3 is 14.2 Å². The summed E-state index contributed by atoms with van der Waals surface area (Å²) in [5.41, 5.74) is 2.11. The Morgan fingerprint density at radius 2 is 2.15 bits per heavy atom. The molecule has 2 aliphatic heterocycles. The molecule has 0 aromatic carbocycles. The number of rotatable bonds is 2. The summed E-state index contributed by atoms with van der Waals surface area (Å²) < 4.78 is 7.39. The van der Waals surface area contributed by atoms with Gasteiger partial charge in [0.05, 0.1) is 18.9 Å². The molecule has 1 unspecified atom stereocenters. The van der Waals surface area contributed by atoms with Crippen molar-refractivity contribution in [2.45, 2.75) is 45.9 Å². The molecule has 3 rings (SSSR count). The minimum atomic E-state index is -0.00669. The number of carbonyl (C=O) groups excluding carboxylic acids is 2. The summed E-state index contributed by atoms with van der Waals surface area (Å²) in [5, 5.41) is 0. The maximum absolute atomic E-state index is 12.7. The highest BCUT2D eigenvalue weighted by molar-refractivity contribution is 6.00. The van der Waals surface area contributed by atoms with Gasteiger partial charge >= 0.3 is 0 Å². The number of likely N-dealkylation sites (tertiary alicyclic amines) is 1. The summed E-state index contributed by atoms with van der Waals surface area (Å²) >= 11 is 0. The number of ether oxygens (including phenoxy) is 1. The number of nitrogens with zero attached hydrogens (tertiary/aromatic N) is 2. The molecule has 1 fully saturated rings. The molecule has 0 saturated carbocycles. The highest BCUT2D eigenvalue weighted by Gasteiger charge is 2.31. The number of fused-ring (bicyclic) bond motifs is 1. The van der Waals surface area contributed by atoms with E-state index < -0.39 is 0 Å². The van der Waals surface area contributed by atoms with Crippen molar-refractivity contribution in [3.63, 3.8) is 0 Å². The molecule has 1 aromatic heterocycles. The van der Waals surface area contributed by atoms with E-state index in [-0.39, 0.29) is 17.7 Å². The Kier molecular flexibility index (Phi) is 3.38. The summed E-state index contributed by atoms with van der Waals surface area (Å²) in [6.45, 7) is 6.09. The normalized spacial score (nSPS) is 21.9. The molecule has 5 heteroatoms. The highest BCUT2D eigenvalue weighted by Crippen LogP contribution is 2.25. The zero-order valence-corrected chi connectivity index (χ0v) is 12.0. The van der Waals surface area contributed by atoms with Crippen molar-refractivity contribution in [2.24, 2.45) is 0 Å². The minimum absolute atomic E-state index is 0.00669. The largest absolute Gasteiger partial charge is 0.373 e. The van der Waals surface area contributed by atoms with Crippen LogP contribution in [-0.4, -0.2) is 40.4 Å². The first kappa shape index (κ1) is 13.4. The molecule has 1 aromatic rings. The molecule has 0 N–H and O–H groups in total. The Morgan fingerprint density at radius 1 is 1.35 bits per heavy atom. The predicted octanol–water partition coefficient (Wildman–Crippen LogP) is 1.85. The fourth-order valence-corrected chi connectivity index (χ4v) is 3.19. The molecule has 5 nitrogen and oxygen atoms in total. The van der Waals surface area contributed by atoms with Crippen LogP contribution in [0.15, 0.2) is 6.07 Å². The lowest BCUT2D eigenvalue weighted by molar-refractivity contribution is 0.0685. The molecule has 3 heterocycles. The van der Waals surface area contributed by atoms with Gasteiger partial charge in [0.25, 0.3) is 5.91 Å². The standard InChI is InChI=1S/C15H20N2O3/c1-10-4-3-5-16(10)15(19)13-8-12(11(2)18)14-9-20-7-6-17(13)14/h8,10H,3-7,9H2,1-2H3. The van der Waals surface area contributed by atoms with Crippen LogP contribution in [0, 0.1) is 0 Å². The summed E-state index contributed by atoms with van der Waals surface area (Å²) in [5.74, 6) is 0.0402. The molecule has 1 atom stereocenters. The number of carbonyl (C=O) groups is 2. The van der Waals surface area contributed by atoms with E-state index in [0.717, 1.165) is 25.1 Å². The average Bonchev–Trinajstić information content (AvgIpc) is 3.01. The van der Waals surface area contributed by atoms with E-state index in [2.05, 4.69) is 6.92 Å². The Balaban J connectivity index is 2.01. The van der Waals surface area contributed by atoms with Crippen molar-refractivity contribution < 1.29 is 14.3 Å². The molecule has 1 saturated heterocycles. The summed E-state index contributed by atoms with van der Waals surface area (Å²) in [6.07, 6.45) is 2.12. The van der Waals surface area contributed by atoms with Crippen molar-refractivity contribution in [1.29, 1.82) is 0 Å². The Morgan fingerprint density at radius 3 is 2.80 bits per heavy atom. The van der Waals surface area contributed by atoms with E-state index in [4.69, 9.17) is 4.74 Å². The second-order valence-electron chi connectivity index (χ2n) is 5.64. The molecule has 0 aliphatic carbocycles. The quantitative estimate of drug-likeness (QED) is 0.775. The van der Waals surface area contributed by atoms with E-state index in [9.17, 15) is 9.59 Å². The zero-order valence-electron chi connectivity index (χ0n) is 12.0. The first-order chi connectivity index (χ1) is 9.59. The van der Waals surface area contributed by atoms with Crippen LogP contribution in [0.4, 0.5) is 0 Å². The van der Waals surface area contributed by atoms with Gasteiger partial charge in [-0.05, 0) is 32.8 Å². The lowest BCUT2D eigenvalue weighted by atomic mass is 10.1. The SMILES string of the molecule is CC(=O)c1cc(C(=O)N2CCCC2C)n2c1COCC2. The van der Waals surface area contributed by atoms with Crippen LogP contribution in [0.1, 0.15) is 53.2 Å². The maximum Gasteiger partial charge on any atom is 0.270 e. The molecular formula is C15H20N2O3. The lowest BCUT2D eigenvalue weighted by Crippen LogP contribution is -2.35. The molecule has 1 amide bonds. The first-order valence-corrected chi connectivity index (χ1v) is 7.21. The van der Waals surface area contributed by atoms with Gasteiger partial charge in [0, 0.05) is 24.7 Å². The minimum Gasteiger partial charge on any atom is -0.373 e. The van der Waals surface area contributed by atoms with E-state index in [1.165, 1.54) is 6.92 Å². The van der Waals surface area contributed by atoms with E-state index in [1.54, 1.807) is 6.07 Å². The predicted molar refractivity (Wildman–Crippen MR) is 73.8 cm³/mol. The number of Topliss-reactive ketones (excluding diaryl/α,β-unsaturated/α-hetero) is 1. The summed E-state index contributed by atoms with van der Waals surface area (Å²) in [6, 6.07) is 2.04. The Labute approximate surface area is 118 Å². The van der Waals surface area contributed by atoms with Crippen LogP contribution in [-0.2, 0) is 17.9 Å². The fraction of sp³-hybridized carbons (Fsp3) is 0.600. The lowest BCUT2D eigenvalue weighted by Gasteiger charge is -2.24. The third-order valence-corrected chi connectivity index (χ3v) is 4.32. The molecule has 20 heavy (non-hydrogen) atoms. The number of ketones is 1.